The molecule has 1 saturated carbocycles. The van der Waals surface area contributed by atoms with E-state index in [4.69, 9.17) is 0 Å². The van der Waals surface area contributed by atoms with E-state index >= 15 is 0 Å². The van der Waals surface area contributed by atoms with Crippen molar-refractivity contribution in [1.82, 2.24) is 15.3 Å². The number of thioether (sulfide) groups is 1. The lowest BCUT2D eigenvalue weighted by atomic mass is 9.98. The minimum atomic E-state index is -0.794. The van der Waals surface area contributed by atoms with Crippen LogP contribution in [0.25, 0.3) is 20.7 Å². The lowest BCUT2D eigenvalue weighted by Gasteiger charge is -2.22. The number of halogens is 1. The average molecular weight is 413 g/mol. The van der Waals surface area contributed by atoms with E-state index in [2.05, 4.69) is 21.4 Å². The summed E-state index contributed by atoms with van der Waals surface area (Å²) in [5, 5.41) is 13.0. The molecule has 1 atom stereocenters. The molecule has 8 heteroatoms. The van der Waals surface area contributed by atoms with Gasteiger partial charge in [0, 0.05) is 4.88 Å². The van der Waals surface area contributed by atoms with Crippen molar-refractivity contribution in [2.75, 3.05) is 5.75 Å². The summed E-state index contributed by atoms with van der Waals surface area (Å²) in [7, 11) is 0. The maximum absolute atomic E-state index is 13.2. The molecule has 0 aliphatic heterocycles. The SMILES string of the molecule is C[C@@](C#N)(NC(=O)CSc1ncnc2cc(-c3ccc(F)cc3)sc12)C1CC1. The molecule has 0 saturated heterocycles. The van der Waals surface area contributed by atoms with Gasteiger partial charge in [-0.3, -0.25) is 4.79 Å². The number of hydrogen-bond donors (Lipinski definition) is 1. The minimum absolute atomic E-state index is 0.178. The summed E-state index contributed by atoms with van der Waals surface area (Å²) in [5.41, 5.74) is 0.909. The van der Waals surface area contributed by atoms with E-state index in [-0.39, 0.29) is 23.4 Å². The normalized spacial score (nSPS) is 15.8. The highest BCUT2D eigenvalue weighted by Gasteiger charge is 2.42. The second-order valence-corrected chi connectivity index (χ2v) is 8.95. The summed E-state index contributed by atoms with van der Waals surface area (Å²) in [6.45, 7) is 1.78. The Morgan fingerprint density at radius 2 is 2.14 bits per heavy atom. The number of carbonyl (C=O) groups is 1. The second-order valence-electron chi connectivity index (χ2n) is 6.94. The Morgan fingerprint density at radius 3 is 2.82 bits per heavy atom. The molecule has 1 amide bonds. The highest BCUT2D eigenvalue weighted by Crippen LogP contribution is 2.40. The van der Waals surface area contributed by atoms with Crippen LogP contribution < -0.4 is 5.32 Å². The third kappa shape index (κ3) is 3.86. The summed E-state index contributed by atoms with van der Waals surface area (Å²) >= 11 is 2.84. The maximum Gasteiger partial charge on any atom is 0.231 e. The van der Waals surface area contributed by atoms with Gasteiger partial charge in [0.15, 0.2) is 0 Å². The summed E-state index contributed by atoms with van der Waals surface area (Å²) in [6.07, 6.45) is 3.43. The van der Waals surface area contributed by atoms with Crippen molar-refractivity contribution in [3.05, 3.63) is 42.5 Å². The predicted octanol–water partition coefficient (Wildman–Crippen LogP) is 4.40. The van der Waals surface area contributed by atoms with Crippen LogP contribution in [0.5, 0.6) is 0 Å². The molecule has 4 rings (SSSR count). The van der Waals surface area contributed by atoms with Crippen LogP contribution in [0.15, 0.2) is 41.7 Å². The van der Waals surface area contributed by atoms with Crippen molar-refractivity contribution in [3.63, 3.8) is 0 Å². The van der Waals surface area contributed by atoms with Crippen LogP contribution in [0.1, 0.15) is 19.8 Å². The number of amides is 1. The van der Waals surface area contributed by atoms with Gasteiger partial charge < -0.3 is 5.32 Å². The van der Waals surface area contributed by atoms with Crippen LogP contribution in [-0.4, -0.2) is 27.2 Å². The molecule has 1 aromatic carbocycles. The molecule has 2 heterocycles. The van der Waals surface area contributed by atoms with E-state index < -0.39 is 5.54 Å². The van der Waals surface area contributed by atoms with Crippen LogP contribution in [0, 0.1) is 23.1 Å². The molecule has 1 fully saturated rings. The van der Waals surface area contributed by atoms with Crippen LogP contribution in [0.4, 0.5) is 4.39 Å². The number of thiophene rings is 1. The summed E-state index contributed by atoms with van der Waals surface area (Å²) in [6, 6.07) is 10.5. The molecular weight excluding hydrogens is 395 g/mol. The molecule has 5 nitrogen and oxygen atoms in total. The summed E-state index contributed by atoms with van der Waals surface area (Å²) in [4.78, 5) is 22.0. The van der Waals surface area contributed by atoms with Gasteiger partial charge in [-0.15, -0.1) is 11.3 Å². The summed E-state index contributed by atoms with van der Waals surface area (Å²) < 4.78 is 14.1. The number of aromatic nitrogens is 2. The highest BCUT2D eigenvalue weighted by atomic mass is 32.2. The van der Waals surface area contributed by atoms with Gasteiger partial charge in [-0.05, 0) is 49.4 Å². The van der Waals surface area contributed by atoms with Gasteiger partial charge in [0.25, 0.3) is 0 Å². The van der Waals surface area contributed by atoms with Crippen molar-refractivity contribution in [1.29, 1.82) is 5.26 Å². The molecule has 1 N–H and O–H groups in total. The quantitative estimate of drug-likeness (QED) is 0.480. The number of hydrogen-bond acceptors (Lipinski definition) is 6. The van der Waals surface area contributed by atoms with Gasteiger partial charge in [-0.1, -0.05) is 23.9 Å². The van der Waals surface area contributed by atoms with E-state index in [1.165, 1.54) is 41.6 Å². The predicted molar refractivity (Wildman–Crippen MR) is 108 cm³/mol. The molecular formula is C20H17FN4OS2. The molecule has 3 aromatic rings. The second kappa shape index (κ2) is 7.49. The number of nitrogens with one attached hydrogen (secondary N) is 1. The van der Waals surface area contributed by atoms with E-state index in [0.717, 1.165) is 38.5 Å². The largest absolute Gasteiger partial charge is 0.337 e. The third-order valence-corrected chi connectivity index (χ3v) is 7.07. The topological polar surface area (TPSA) is 78.7 Å². The zero-order valence-corrected chi connectivity index (χ0v) is 16.7. The number of carbonyl (C=O) groups excluding carboxylic acids is 1. The highest BCUT2D eigenvalue weighted by molar-refractivity contribution is 8.00. The minimum Gasteiger partial charge on any atom is -0.337 e. The van der Waals surface area contributed by atoms with Gasteiger partial charge in [-0.2, -0.15) is 5.26 Å². The van der Waals surface area contributed by atoms with E-state index in [1.54, 1.807) is 19.1 Å². The van der Waals surface area contributed by atoms with Crippen molar-refractivity contribution >= 4 is 39.2 Å². The average Bonchev–Trinajstić information content (AvgIpc) is 3.46. The van der Waals surface area contributed by atoms with Crippen molar-refractivity contribution < 1.29 is 9.18 Å². The zero-order chi connectivity index (χ0) is 19.7. The van der Waals surface area contributed by atoms with E-state index in [1.807, 2.05) is 6.07 Å². The molecule has 0 unspecified atom stereocenters. The lowest BCUT2D eigenvalue weighted by Crippen LogP contribution is -2.47. The Hall–Kier alpha value is -2.50. The van der Waals surface area contributed by atoms with Gasteiger partial charge in [0.05, 0.1) is 22.0 Å². The fraction of sp³-hybridized carbons (Fsp3) is 0.300. The maximum atomic E-state index is 13.2. The Morgan fingerprint density at radius 1 is 1.39 bits per heavy atom. The van der Waals surface area contributed by atoms with E-state index in [0.29, 0.717) is 0 Å². The molecule has 0 radical (unpaired) electrons. The van der Waals surface area contributed by atoms with Gasteiger partial charge >= 0.3 is 0 Å². The van der Waals surface area contributed by atoms with Gasteiger partial charge in [0.1, 0.15) is 22.7 Å². The number of rotatable bonds is 6. The first-order valence-corrected chi connectivity index (χ1v) is 10.6. The van der Waals surface area contributed by atoms with Crippen LogP contribution >= 0.6 is 23.1 Å². The molecule has 0 bridgehead atoms. The monoisotopic (exact) mass is 412 g/mol. The first kappa shape index (κ1) is 18.8. The van der Waals surface area contributed by atoms with Crippen LogP contribution in [0.2, 0.25) is 0 Å². The molecule has 142 valence electrons. The lowest BCUT2D eigenvalue weighted by molar-refractivity contribution is -0.119. The number of benzene rings is 1. The smallest absolute Gasteiger partial charge is 0.231 e. The molecule has 28 heavy (non-hydrogen) atoms. The van der Waals surface area contributed by atoms with Crippen molar-refractivity contribution in [2.24, 2.45) is 5.92 Å². The standard InChI is InChI=1S/C20H17FN4OS2/c1-20(10-22,13-4-5-13)25-17(26)9-27-19-18-15(23-11-24-19)8-16(28-18)12-2-6-14(21)7-3-12/h2-3,6-8,11,13H,4-5,9H2,1H3,(H,25,26)/t20-/m0/s1. The zero-order valence-electron chi connectivity index (χ0n) is 15.1. The fourth-order valence-electron chi connectivity index (χ4n) is 3.03. The first-order chi connectivity index (χ1) is 13.5. The van der Waals surface area contributed by atoms with Crippen molar-refractivity contribution in [3.8, 4) is 16.5 Å². The van der Waals surface area contributed by atoms with Gasteiger partial charge in [-0.25, -0.2) is 14.4 Å². The Labute approximate surface area is 170 Å². The Balaban J connectivity index is 1.50. The van der Waals surface area contributed by atoms with Crippen LogP contribution in [-0.2, 0) is 4.79 Å². The molecule has 1 aliphatic carbocycles. The fourth-order valence-corrected chi connectivity index (χ4v) is 5.03. The number of fused-ring (bicyclic) bond motifs is 1. The third-order valence-electron chi connectivity index (χ3n) is 4.77. The van der Waals surface area contributed by atoms with E-state index in [9.17, 15) is 14.4 Å². The Bertz CT molecular complexity index is 1070. The number of nitrogens with zero attached hydrogens (tertiary/aromatic N) is 3. The van der Waals surface area contributed by atoms with Crippen molar-refractivity contribution in [2.45, 2.75) is 30.3 Å². The Kier molecular flexibility index (Phi) is 5.04. The molecule has 2 aromatic heterocycles. The van der Waals surface area contributed by atoms with Gasteiger partial charge in [0.2, 0.25) is 5.91 Å². The number of nitriles is 1. The first-order valence-electron chi connectivity index (χ1n) is 8.84. The summed E-state index contributed by atoms with van der Waals surface area (Å²) in [5.74, 6) is -0.0295. The van der Waals surface area contributed by atoms with Crippen LogP contribution in [0.3, 0.4) is 0 Å². The molecule has 0 spiro atoms. The molecule has 1 aliphatic rings.